The van der Waals surface area contributed by atoms with Crippen molar-refractivity contribution in [3.8, 4) is 0 Å². The molecule has 0 radical (unpaired) electrons. The van der Waals surface area contributed by atoms with Gasteiger partial charge in [0, 0.05) is 0 Å². The van der Waals surface area contributed by atoms with Crippen LogP contribution in [0.2, 0.25) is 0 Å². The Morgan fingerprint density at radius 1 is 0.432 bits per heavy atom. The highest BCUT2D eigenvalue weighted by Gasteiger charge is 2.42. The van der Waals surface area contributed by atoms with Crippen molar-refractivity contribution in [2.45, 2.75) is 252 Å². The van der Waals surface area contributed by atoms with E-state index in [9.17, 15) is 9.90 Å². The van der Waals surface area contributed by atoms with E-state index in [0.717, 1.165) is 32.1 Å². The van der Waals surface area contributed by atoms with E-state index < -0.39 is 11.4 Å². The Kier molecular flexibility index (Phi) is 33.4. The van der Waals surface area contributed by atoms with Crippen LogP contribution in [0.3, 0.4) is 0 Å². The van der Waals surface area contributed by atoms with Crippen LogP contribution in [0.4, 0.5) is 0 Å². The molecule has 0 heterocycles. The molecule has 0 aliphatic carbocycles. The van der Waals surface area contributed by atoms with Gasteiger partial charge in [0.1, 0.15) is 0 Å². The van der Waals surface area contributed by atoms with Gasteiger partial charge < -0.3 is 5.11 Å². The SMILES string of the molecule is CCCCCCCCCCCCCCCCCCCCC(CC)(C(=O)O)C(CC)CCCCCCCCCCCCCCC. The molecule has 0 saturated heterocycles. The number of aliphatic carboxylic acids is 1. The lowest BCUT2D eigenvalue weighted by Crippen LogP contribution is -2.38. The summed E-state index contributed by atoms with van der Waals surface area (Å²) in [5, 5.41) is 10.4. The van der Waals surface area contributed by atoms with Crippen molar-refractivity contribution in [3.05, 3.63) is 0 Å². The molecular weight excluding hydrogens is 536 g/mol. The van der Waals surface area contributed by atoms with Gasteiger partial charge in [-0.05, 0) is 25.2 Å². The van der Waals surface area contributed by atoms with Crippen molar-refractivity contribution in [2.24, 2.45) is 11.3 Å². The second-order valence-corrected chi connectivity index (χ2v) is 14.7. The topological polar surface area (TPSA) is 37.3 Å². The first kappa shape index (κ1) is 43.5. The van der Waals surface area contributed by atoms with E-state index in [2.05, 4.69) is 27.7 Å². The van der Waals surface area contributed by atoms with Gasteiger partial charge in [-0.15, -0.1) is 0 Å². The minimum absolute atomic E-state index is 0.337. The number of carboxylic acid groups (broad SMARTS) is 1. The van der Waals surface area contributed by atoms with Gasteiger partial charge in [-0.3, -0.25) is 4.79 Å². The van der Waals surface area contributed by atoms with Crippen LogP contribution >= 0.6 is 0 Å². The van der Waals surface area contributed by atoms with E-state index in [4.69, 9.17) is 0 Å². The molecule has 0 amide bonds. The second kappa shape index (κ2) is 33.8. The van der Waals surface area contributed by atoms with Crippen LogP contribution in [-0.4, -0.2) is 11.1 Å². The smallest absolute Gasteiger partial charge is 0.309 e. The molecular formula is C42H84O2. The molecule has 0 rings (SSSR count). The minimum Gasteiger partial charge on any atom is -0.481 e. The van der Waals surface area contributed by atoms with Crippen molar-refractivity contribution in [2.75, 3.05) is 0 Å². The summed E-state index contributed by atoms with van der Waals surface area (Å²) in [4.78, 5) is 12.6. The van der Waals surface area contributed by atoms with Crippen LogP contribution in [0.5, 0.6) is 0 Å². The highest BCUT2D eigenvalue weighted by atomic mass is 16.4. The molecule has 2 atom stereocenters. The van der Waals surface area contributed by atoms with Crippen LogP contribution < -0.4 is 0 Å². The summed E-state index contributed by atoms with van der Waals surface area (Å²) in [6.45, 7) is 8.95. The molecule has 0 aromatic carbocycles. The van der Waals surface area contributed by atoms with Crippen molar-refractivity contribution < 1.29 is 9.90 Å². The number of hydrogen-bond donors (Lipinski definition) is 1. The third-order valence-electron chi connectivity index (χ3n) is 11.0. The molecule has 0 spiro atoms. The molecule has 2 nitrogen and oxygen atoms in total. The first-order chi connectivity index (χ1) is 21.6. The second-order valence-electron chi connectivity index (χ2n) is 14.7. The summed E-state index contributed by atoms with van der Waals surface area (Å²) < 4.78 is 0. The van der Waals surface area contributed by atoms with Crippen LogP contribution in [0, 0.1) is 11.3 Å². The predicted octanol–water partition coefficient (Wildman–Crippen LogP) is 15.4. The number of rotatable bonds is 37. The third kappa shape index (κ3) is 24.7. The van der Waals surface area contributed by atoms with E-state index in [-0.39, 0.29) is 0 Å². The Balaban J connectivity index is 3.88. The highest BCUT2D eigenvalue weighted by Crippen LogP contribution is 2.42. The molecule has 44 heavy (non-hydrogen) atoms. The Morgan fingerprint density at radius 2 is 0.705 bits per heavy atom. The Hall–Kier alpha value is -0.530. The maximum Gasteiger partial charge on any atom is 0.309 e. The highest BCUT2D eigenvalue weighted by molar-refractivity contribution is 5.75. The van der Waals surface area contributed by atoms with Crippen LogP contribution in [0.1, 0.15) is 252 Å². The monoisotopic (exact) mass is 621 g/mol. The van der Waals surface area contributed by atoms with Crippen molar-refractivity contribution in [1.29, 1.82) is 0 Å². The molecule has 0 aliphatic heterocycles. The van der Waals surface area contributed by atoms with Crippen LogP contribution in [0.15, 0.2) is 0 Å². The maximum atomic E-state index is 12.6. The first-order valence-corrected chi connectivity index (χ1v) is 20.8. The fourth-order valence-electron chi connectivity index (χ4n) is 7.72. The van der Waals surface area contributed by atoms with Gasteiger partial charge in [0.25, 0.3) is 0 Å². The minimum atomic E-state index is -0.520. The Bertz CT molecular complexity index is 572. The molecule has 2 heteroatoms. The molecule has 2 unspecified atom stereocenters. The summed E-state index contributed by atoms with van der Waals surface area (Å²) in [6.07, 6.45) is 46.5. The fourth-order valence-corrected chi connectivity index (χ4v) is 7.72. The molecule has 0 bridgehead atoms. The average molecular weight is 621 g/mol. The summed E-state index contributed by atoms with van der Waals surface area (Å²) in [5.41, 5.74) is -0.499. The zero-order valence-electron chi connectivity index (χ0n) is 31.2. The lowest BCUT2D eigenvalue weighted by molar-refractivity contribution is -0.154. The van der Waals surface area contributed by atoms with Gasteiger partial charge in [-0.2, -0.15) is 0 Å². The number of carboxylic acids is 1. The third-order valence-corrected chi connectivity index (χ3v) is 11.0. The molecule has 1 N–H and O–H groups in total. The van der Waals surface area contributed by atoms with Gasteiger partial charge >= 0.3 is 5.97 Å². The normalized spacial score (nSPS) is 13.7. The van der Waals surface area contributed by atoms with E-state index in [1.807, 2.05) is 0 Å². The van der Waals surface area contributed by atoms with E-state index in [1.54, 1.807) is 0 Å². The zero-order valence-corrected chi connectivity index (χ0v) is 31.2. The molecule has 264 valence electrons. The Labute approximate surface area is 279 Å². The van der Waals surface area contributed by atoms with Crippen LogP contribution in [0.25, 0.3) is 0 Å². The van der Waals surface area contributed by atoms with Gasteiger partial charge in [0.2, 0.25) is 0 Å². The van der Waals surface area contributed by atoms with E-state index >= 15 is 0 Å². The summed E-state index contributed by atoms with van der Waals surface area (Å²) in [5.74, 6) is -0.183. The predicted molar refractivity (Wildman–Crippen MR) is 198 cm³/mol. The lowest BCUT2D eigenvalue weighted by atomic mass is 9.67. The maximum absolute atomic E-state index is 12.6. The van der Waals surface area contributed by atoms with Gasteiger partial charge in [0.05, 0.1) is 5.41 Å². The van der Waals surface area contributed by atoms with E-state index in [1.165, 1.54) is 193 Å². The van der Waals surface area contributed by atoms with Gasteiger partial charge in [0.15, 0.2) is 0 Å². The van der Waals surface area contributed by atoms with Crippen LogP contribution in [-0.2, 0) is 4.79 Å². The van der Waals surface area contributed by atoms with Crippen molar-refractivity contribution >= 4 is 5.97 Å². The molecule has 0 aromatic heterocycles. The molecule has 0 aliphatic rings. The lowest BCUT2D eigenvalue weighted by Gasteiger charge is -2.36. The zero-order chi connectivity index (χ0) is 32.4. The number of hydrogen-bond acceptors (Lipinski definition) is 1. The van der Waals surface area contributed by atoms with Gasteiger partial charge in [-0.1, -0.05) is 233 Å². The fraction of sp³-hybridized carbons (Fsp3) is 0.976. The largest absolute Gasteiger partial charge is 0.481 e. The van der Waals surface area contributed by atoms with Crippen molar-refractivity contribution in [3.63, 3.8) is 0 Å². The number of carbonyl (C=O) groups is 1. The molecule has 0 aromatic rings. The standard InChI is InChI=1S/C42H84O2/c1-5-9-11-13-15-17-19-21-22-23-24-25-27-29-31-33-35-37-39-42(8-4,41(43)44)40(7-3)38-36-34-32-30-28-26-20-18-16-14-12-10-6-2/h40H,5-39H2,1-4H3,(H,43,44). The van der Waals surface area contributed by atoms with Crippen molar-refractivity contribution in [1.82, 2.24) is 0 Å². The average Bonchev–Trinajstić information content (AvgIpc) is 3.03. The quantitative estimate of drug-likeness (QED) is 0.0701. The Morgan fingerprint density at radius 3 is 0.955 bits per heavy atom. The summed E-state index contributed by atoms with van der Waals surface area (Å²) >= 11 is 0. The van der Waals surface area contributed by atoms with Gasteiger partial charge in [-0.25, -0.2) is 0 Å². The first-order valence-electron chi connectivity index (χ1n) is 20.8. The molecule has 0 saturated carbocycles. The number of unbranched alkanes of at least 4 members (excludes halogenated alkanes) is 29. The summed E-state index contributed by atoms with van der Waals surface area (Å²) in [6, 6.07) is 0. The van der Waals surface area contributed by atoms with E-state index in [0.29, 0.717) is 5.92 Å². The summed E-state index contributed by atoms with van der Waals surface area (Å²) in [7, 11) is 0. The molecule has 0 fully saturated rings.